The summed E-state index contributed by atoms with van der Waals surface area (Å²) in [5.41, 5.74) is -0.242. The first-order valence-corrected chi connectivity index (χ1v) is 11.0. The number of rotatable bonds is 8. The standard InChI is InChI=1S/C25H30F4O/c1-3-4-5-6-15-30-21-14-13-20(24(28)25(21)29)19-12-11-18(22(26)23(19)27)17-9-7-16(2)8-10-17/h11-14,16-17H,3-10,15H2,1-2H3. The molecule has 0 heterocycles. The van der Waals surface area contributed by atoms with Gasteiger partial charge in [-0.25, -0.2) is 13.2 Å². The van der Waals surface area contributed by atoms with Crippen LogP contribution in [0.25, 0.3) is 11.1 Å². The molecule has 0 aliphatic heterocycles. The largest absolute Gasteiger partial charge is 0.490 e. The van der Waals surface area contributed by atoms with Crippen molar-refractivity contribution in [1.29, 1.82) is 0 Å². The van der Waals surface area contributed by atoms with Gasteiger partial charge in [-0.3, -0.25) is 0 Å². The summed E-state index contributed by atoms with van der Waals surface area (Å²) >= 11 is 0. The Hall–Kier alpha value is -2.04. The Morgan fingerprint density at radius 1 is 0.767 bits per heavy atom. The normalized spacial score (nSPS) is 19.1. The molecule has 1 saturated carbocycles. The average molecular weight is 423 g/mol. The molecule has 2 aromatic carbocycles. The predicted molar refractivity (Wildman–Crippen MR) is 112 cm³/mol. The summed E-state index contributed by atoms with van der Waals surface area (Å²) in [6, 6.07) is 5.40. The van der Waals surface area contributed by atoms with E-state index >= 15 is 0 Å². The smallest absolute Gasteiger partial charge is 0.201 e. The Kier molecular flexibility index (Phi) is 7.79. The molecule has 2 aromatic rings. The number of ether oxygens (including phenoxy) is 1. The predicted octanol–water partition coefficient (Wildman–Crippen LogP) is 8.16. The lowest BCUT2D eigenvalue weighted by Crippen LogP contribution is -2.13. The van der Waals surface area contributed by atoms with E-state index in [2.05, 4.69) is 13.8 Å². The van der Waals surface area contributed by atoms with Crippen LogP contribution in [-0.2, 0) is 0 Å². The minimum absolute atomic E-state index is 0.0326. The molecule has 0 spiro atoms. The van der Waals surface area contributed by atoms with Crippen LogP contribution in [0.4, 0.5) is 17.6 Å². The third kappa shape index (κ3) is 4.98. The van der Waals surface area contributed by atoms with Crippen molar-refractivity contribution in [3.05, 3.63) is 53.1 Å². The van der Waals surface area contributed by atoms with Crippen LogP contribution in [0.15, 0.2) is 24.3 Å². The molecule has 30 heavy (non-hydrogen) atoms. The van der Waals surface area contributed by atoms with Gasteiger partial charge >= 0.3 is 0 Å². The van der Waals surface area contributed by atoms with Gasteiger partial charge in [0.05, 0.1) is 6.61 Å². The van der Waals surface area contributed by atoms with E-state index in [0.717, 1.165) is 51.4 Å². The van der Waals surface area contributed by atoms with E-state index in [1.807, 2.05) is 0 Å². The van der Waals surface area contributed by atoms with Crippen molar-refractivity contribution in [3.8, 4) is 16.9 Å². The molecule has 0 radical (unpaired) electrons. The molecule has 1 aliphatic carbocycles. The van der Waals surface area contributed by atoms with Gasteiger partial charge in [-0.05, 0) is 48.8 Å². The molecule has 0 atom stereocenters. The van der Waals surface area contributed by atoms with Gasteiger partial charge in [-0.2, -0.15) is 4.39 Å². The maximum absolute atomic E-state index is 14.8. The Morgan fingerprint density at radius 3 is 2.07 bits per heavy atom. The molecule has 1 aliphatic rings. The third-order valence-electron chi connectivity index (χ3n) is 6.16. The number of unbranched alkanes of at least 4 members (excludes halogenated alkanes) is 3. The van der Waals surface area contributed by atoms with Gasteiger partial charge in [0.2, 0.25) is 5.82 Å². The highest BCUT2D eigenvalue weighted by Crippen LogP contribution is 2.39. The molecular weight excluding hydrogens is 392 g/mol. The van der Waals surface area contributed by atoms with Crippen LogP contribution >= 0.6 is 0 Å². The maximum atomic E-state index is 14.8. The number of hydrogen-bond donors (Lipinski definition) is 0. The van der Waals surface area contributed by atoms with Crippen LogP contribution in [-0.4, -0.2) is 6.61 Å². The summed E-state index contributed by atoms with van der Waals surface area (Å²) in [6.45, 7) is 4.53. The highest BCUT2D eigenvalue weighted by molar-refractivity contribution is 5.66. The second-order valence-electron chi connectivity index (χ2n) is 8.44. The number of hydrogen-bond acceptors (Lipinski definition) is 1. The quantitative estimate of drug-likeness (QED) is 0.308. The van der Waals surface area contributed by atoms with Crippen molar-refractivity contribution in [2.24, 2.45) is 5.92 Å². The van der Waals surface area contributed by atoms with Crippen molar-refractivity contribution in [1.82, 2.24) is 0 Å². The van der Waals surface area contributed by atoms with Crippen LogP contribution in [0.2, 0.25) is 0 Å². The maximum Gasteiger partial charge on any atom is 0.201 e. The summed E-state index contributed by atoms with van der Waals surface area (Å²) in [4.78, 5) is 0. The van der Waals surface area contributed by atoms with E-state index in [9.17, 15) is 17.6 Å². The fraction of sp³-hybridized carbons (Fsp3) is 0.520. The first-order chi connectivity index (χ1) is 14.4. The van der Waals surface area contributed by atoms with Gasteiger partial charge in [0.25, 0.3) is 0 Å². The zero-order valence-corrected chi connectivity index (χ0v) is 17.7. The van der Waals surface area contributed by atoms with E-state index in [4.69, 9.17) is 4.74 Å². The van der Waals surface area contributed by atoms with E-state index in [1.54, 1.807) is 0 Å². The van der Waals surface area contributed by atoms with Crippen molar-refractivity contribution < 1.29 is 22.3 Å². The van der Waals surface area contributed by atoms with Crippen LogP contribution in [0.1, 0.15) is 76.7 Å². The van der Waals surface area contributed by atoms with Gasteiger partial charge in [0.15, 0.2) is 23.2 Å². The Labute approximate surface area is 176 Å². The zero-order chi connectivity index (χ0) is 21.7. The first kappa shape index (κ1) is 22.6. The lowest BCUT2D eigenvalue weighted by molar-refractivity contribution is 0.285. The zero-order valence-electron chi connectivity index (χ0n) is 17.7. The second-order valence-corrected chi connectivity index (χ2v) is 8.44. The minimum Gasteiger partial charge on any atom is -0.490 e. The molecule has 0 saturated heterocycles. The van der Waals surface area contributed by atoms with Gasteiger partial charge in [0, 0.05) is 11.1 Å². The summed E-state index contributed by atoms with van der Waals surface area (Å²) in [6.07, 6.45) is 7.40. The van der Waals surface area contributed by atoms with E-state index in [1.165, 1.54) is 24.3 Å². The third-order valence-corrected chi connectivity index (χ3v) is 6.16. The summed E-state index contributed by atoms with van der Waals surface area (Å²) in [5, 5.41) is 0. The summed E-state index contributed by atoms with van der Waals surface area (Å²) < 4.78 is 64.0. The van der Waals surface area contributed by atoms with Crippen LogP contribution in [0.5, 0.6) is 5.75 Å². The van der Waals surface area contributed by atoms with Gasteiger partial charge < -0.3 is 4.74 Å². The molecule has 0 aromatic heterocycles. The number of halogens is 4. The summed E-state index contributed by atoms with van der Waals surface area (Å²) in [7, 11) is 0. The molecular formula is C25H30F4O. The highest BCUT2D eigenvalue weighted by Gasteiger charge is 2.26. The lowest BCUT2D eigenvalue weighted by atomic mass is 9.79. The van der Waals surface area contributed by atoms with E-state index in [-0.39, 0.29) is 29.4 Å². The van der Waals surface area contributed by atoms with Crippen LogP contribution in [0.3, 0.4) is 0 Å². The van der Waals surface area contributed by atoms with E-state index < -0.39 is 23.3 Å². The molecule has 1 fully saturated rings. The molecule has 0 unspecified atom stereocenters. The van der Waals surface area contributed by atoms with Crippen LogP contribution in [0, 0.1) is 29.2 Å². The Bertz CT molecular complexity index is 857. The molecule has 0 bridgehead atoms. The lowest BCUT2D eigenvalue weighted by Gasteiger charge is -2.27. The SMILES string of the molecule is CCCCCCOc1ccc(-c2ccc(C3CCC(C)CC3)c(F)c2F)c(F)c1F. The average Bonchev–Trinajstić information content (AvgIpc) is 2.74. The van der Waals surface area contributed by atoms with Crippen molar-refractivity contribution in [2.45, 2.75) is 71.1 Å². The molecule has 5 heteroatoms. The van der Waals surface area contributed by atoms with Gasteiger partial charge in [-0.1, -0.05) is 58.1 Å². The molecule has 0 amide bonds. The van der Waals surface area contributed by atoms with E-state index in [0.29, 0.717) is 11.5 Å². The van der Waals surface area contributed by atoms with Crippen LogP contribution < -0.4 is 4.74 Å². The Morgan fingerprint density at radius 2 is 1.40 bits per heavy atom. The highest BCUT2D eigenvalue weighted by atomic mass is 19.2. The molecule has 1 nitrogen and oxygen atoms in total. The monoisotopic (exact) mass is 422 g/mol. The molecule has 0 N–H and O–H groups in total. The molecule has 164 valence electrons. The number of benzene rings is 2. The molecule has 3 rings (SSSR count). The fourth-order valence-corrected chi connectivity index (χ4v) is 4.22. The topological polar surface area (TPSA) is 9.23 Å². The Balaban J connectivity index is 1.80. The van der Waals surface area contributed by atoms with Gasteiger partial charge in [0.1, 0.15) is 0 Å². The van der Waals surface area contributed by atoms with Crippen molar-refractivity contribution in [3.63, 3.8) is 0 Å². The van der Waals surface area contributed by atoms with Gasteiger partial charge in [-0.15, -0.1) is 0 Å². The second kappa shape index (κ2) is 10.3. The fourth-order valence-electron chi connectivity index (χ4n) is 4.22. The first-order valence-electron chi connectivity index (χ1n) is 11.0. The van der Waals surface area contributed by atoms with Crippen molar-refractivity contribution in [2.75, 3.05) is 6.61 Å². The summed E-state index contributed by atoms with van der Waals surface area (Å²) in [5.74, 6) is -4.12. The minimum atomic E-state index is -1.22. The van der Waals surface area contributed by atoms with Crippen molar-refractivity contribution >= 4 is 0 Å².